The summed E-state index contributed by atoms with van der Waals surface area (Å²) in [5.74, 6) is 2.34. The number of rotatable bonds is 6. The van der Waals surface area contributed by atoms with Crippen molar-refractivity contribution < 1.29 is 13.3 Å². The van der Waals surface area contributed by atoms with Crippen LogP contribution in [0.3, 0.4) is 0 Å². The van der Waals surface area contributed by atoms with Crippen LogP contribution in [0, 0.1) is 11.8 Å². The summed E-state index contributed by atoms with van der Waals surface area (Å²) in [7, 11) is -1.73. The molecule has 0 aromatic carbocycles. The van der Waals surface area contributed by atoms with E-state index in [1.54, 1.807) is 32.1 Å². The van der Waals surface area contributed by atoms with Gasteiger partial charge in [0.15, 0.2) is 0 Å². The van der Waals surface area contributed by atoms with Gasteiger partial charge < -0.3 is 13.3 Å². The van der Waals surface area contributed by atoms with Gasteiger partial charge in [-0.05, 0) is 39.0 Å². The van der Waals surface area contributed by atoms with Gasteiger partial charge in [-0.2, -0.15) is 0 Å². The van der Waals surface area contributed by atoms with Crippen LogP contribution in [0.2, 0.25) is 0 Å². The average molecular weight is 260 g/mol. The van der Waals surface area contributed by atoms with Gasteiger partial charge in [0.05, 0.1) is 0 Å². The Balaban J connectivity index is 0.000000177. The van der Waals surface area contributed by atoms with Gasteiger partial charge in [-0.15, -0.1) is 0 Å². The Hall–Kier alpha value is 0.0969. The number of hydrogen-bond acceptors (Lipinski definition) is 3. The molecule has 17 heavy (non-hydrogen) atoms. The molecule has 4 heteroatoms. The highest BCUT2D eigenvalue weighted by atomic mass is 28.3. The van der Waals surface area contributed by atoms with Crippen LogP contribution >= 0.6 is 0 Å². The van der Waals surface area contributed by atoms with Gasteiger partial charge in [0, 0.05) is 19.8 Å². The molecule has 0 aliphatic heterocycles. The molecule has 2 bridgehead atoms. The van der Waals surface area contributed by atoms with E-state index in [2.05, 4.69) is 0 Å². The summed E-state index contributed by atoms with van der Waals surface area (Å²) in [6, 6.07) is 0. The maximum Gasteiger partial charge on any atom is 0.484 e. The van der Waals surface area contributed by atoms with Crippen molar-refractivity contribution in [1.29, 1.82) is 0 Å². The zero-order valence-corrected chi connectivity index (χ0v) is 12.8. The van der Waals surface area contributed by atoms with E-state index in [1.807, 2.05) is 20.8 Å². The van der Waals surface area contributed by atoms with Crippen LogP contribution in [0.25, 0.3) is 0 Å². The van der Waals surface area contributed by atoms with Crippen LogP contribution in [-0.4, -0.2) is 29.3 Å². The van der Waals surface area contributed by atoms with Gasteiger partial charge in [0.1, 0.15) is 0 Å². The molecule has 2 rings (SSSR count). The highest BCUT2D eigenvalue weighted by Gasteiger charge is 2.30. The van der Waals surface area contributed by atoms with Crippen molar-refractivity contribution in [2.24, 2.45) is 11.8 Å². The first-order chi connectivity index (χ1) is 8.30. The summed E-state index contributed by atoms with van der Waals surface area (Å²) < 4.78 is 15.7. The first kappa shape index (κ1) is 15.2. The highest BCUT2D eigenvalue weighted by molar-refractivity contribution is 6.36. The molecule has 2 fully saturated rings. The summed E-state index contributed by atoms with van der Waals surface area (Å²) in [6.45, 7) is 7.86. The third-order valence-corrected chi connectivity index (χ3v) is 5.36. The van der Waals surface area contributed by atoms with Crippen LogP contribution in [0.4, 0.5) is 0 Å². The molecule has 0 aromatic heterocycles. The second-order valence-corrected chi connectivity index (χ2v) is 6.35. The summed E-state index contributed by atoms with van der Waals surface area (Å²) in [4.78, 5) is 0. The molecule has 3 nitrogen and oxygen atoms in total. The van der Waals surface area contributed by atoms with Crippen LogP contribution in [0.5, 0.6) is 0 Å². The quantitative estimate of drug-likeness (QED) is 0.687. The van der Waals surface area contributed by atoms with Gasteiger partial charge in [0.2, 0.25) is 0 Å². The fourth-order valence-corrected chi connectivity index (χ4v) is 3.83. The van der Waals surface area contributed by atoms with Gasteiger partial charge in [-0.25, -0.2) is 0 Å². The van der Waals surface area contributed by atoms with Crippen LogP contribution in [0.1, 0.15) is 52.9 Å². The second kappa shape index (κ2) is 9.08. The molecule has 2 aliphatic carbocycles. The lowest BCUT2D eigenvalue weighted by atomic mass is 10.0. The van der Waals surface area contributed by atoms with E-state index < -0.39 is 9.53 Å². The molecule has 0 radical (unpaired) electrons. The largest absolute Gasteiger partial charge is 0.484 e. The van der Waals surface area contributed by atoms with E-state index in [0.717, 1.165) is 0 Å². The summed E-state index contributed by atoms with van der Waals surface area (Å²) in [5, 5.41) is 0. The minimum atomic E-state index is -1.73. The van der Waals surface area contributed by atoms with Crippen molar-refractivity contribution in [3.63, 3.8) is 0 Å². The van der Waals surface area contributed by atoms with E-state index in [4.69, 9.17) is 13.3 Å². The first-order valence-corrected chi connectivity index (χ1v) is 8.56. The van der Waals surface area contributed by atoms with Crippen LogP contribution in [0.15, 0.2) is 0 Å². The van der Waals surface area contributed by atoms with Crippen molar-refractivity contribution >= 4 is 9.53 Å². The Morgan fingerprint density at radius 1 is 0.765 bits per heavy atom. The lowest BCUT2D eigenvalue weighted by molar-refractivity contribution is 0.107. The fourth-order valence-electron chi connectivity index (χ4n) is 2.73. The molecule has 0 amide bonds. The Kier molecular flexibility index (Phi) is 8.10. The third-order valence-electron chi connectivity index (χ3n) is 3.54. The second-order valence-electron chi connectivity index (χ2n) is 4.78. The molecule has 0 N–H and O–H groups in total. The maximum absolute atomic E-state index is 5.22. The summed E-state index contributed by atoms with van der Waals surface area (Å²) >= 11 is 0. The Morgan fingerprint density at radius 2 is 1.12 bits per heavy atom. The normalized spacial score (nSPS) is 26.1. The third kappa shape index (κ3) is 6.00. The maximum atomic E-state index is 5.22. The van der Waals surface area contributed by atoms with Gasteiger partial charge in [-0.3, -0.25) is 0 Å². The molecule has 0 aromatic rings. The minimum Gasteiger partial charge on any atom is -0.376 e. The van der Waals surface area contributed by atoms with Gasteiger partial charge in [0.25, 0.3) is 0 Å². The van der Waals surface area contributed by atoms with E-state index >= 15 is 0 Å². The SMILES string of the molecule is C1CC2CCC1C2.CCO[SiH](OCC)OCC. The van der Waals surface area contributed by atoms with Crippen molar-refractivity contribution in [1.82, 2.24) is 0 Å². The van der Waals surface area contributed by atoms with Crippen molar-refractivity contribution in [3.05, 3.63) is 0 Å². The lowest BCUT2D eigenvalue weighted by Gasteiger charge is -2.12. The average Bonchev–Trinajstić information content (AvgIpc) is 2.95. The zero-order chi connectivity index (χ0) is 12.5. The van der Waals surface area contributed by atoms with E-state index in [1.165, 1.54) is 11.8 Å². The number of hydrogen-bond donors (Lipinski definition) is 0. The van der Waals surface area contributed by atoms with Crippen LogP contribution in [-0.2, 0) is 13.3 Å². The topological polar surface area (TPSA) is 27.7 Å². The number of fused-ring (bicyclic) bond motifs is 2. The highest BCUT2D eigenvalue weighted by Crippen LogP contribution is 2.43. The molecular formula is C13H28O3Si. The molecule has 2 saturated carbocycles. The monoisotopic (exact) mass is 260 g/mol. The standard InChI is InChI=1S/C7H12.C6H16O3Si/c1-2-7-4-3-6(1)5-7;1-4-7-10(8-5-2)9-6-3/h6-7H,1-5H2;10H,4-6H2,1-3H3. The lowest BCUT2D eigenvalue weighted by Crippen LogP contribution is -2.27. The van der Waals surface area contributed by atoms with Crippen molar-refractivity contribution in [3.8, 4) is 0 Å². The Morgan fingerprint density at radius 3 is 1.29 bits per heavy atom. The smallest absolute Gasteiger partial charge is 0.376 e. The van der Waals surface area contributed by atoms with Crippen molar-refractivity contribution in [2.45, 2.75) is 52.9 Å². The van der Waals surface area contributed by atoms with E-state index in [9.17, 15) is 0 Å². The van der Waals surface area contributed by atoms with E-state index in [-0.39, 0.29) is 0 Å². The Labute approximate surface area is 108 Å². The Bertz CT molecular complexity index is 157. The van der Waals surface area contributed by atoms with Gasteiger partial charge >= 0.3 is 9.53 Å². The molecule has 2 aliphatic rings. The fraction of sp³-hybridized carbons (Fsp3) is 1.00. The predicted molar refractivity (Wildman–Crippen MR) is 72.1 cm³/mol. The molecule has 102 valence electrons. The summed E-state index contributed by atoms with van der Waals surface area (Å²) in [6.07, 6.45) is 7.82. The molecule has 0 atom stereocenters. The van der Waals surface area contributed by atoms with Crippen LogP contribution < -0.4 is 0 Å². The van der Waals surface area contributed by atoms with E-state index in [0.29, 0.717) is 19.8 Å². The zero-order valence-electron chi connectivity index (χ0n) is 11.6. The first-order valence-electron chi connectivity index (χ1n) is 7.14. The molecule has 0 saturated heterocycles. The predicted octanol–water partition coefficient (Wildman–Crippen LogP) is 3.01. The van der Waals surface area contributed by atoms with Gasteiger partial charge in [-0.1, -0.05) is 25.7 Å². The molecule has 0 spiro atoms. The molecule has 0 unspecified atom stereocenters. The molecule has 0 heterocycles. The van der Waals surface area contributed by atoms with Crippen molar-refractivity contribution in [2.75, 3.05) is 19.8 Å². The molecular weight excluding hydrogens is 232 g/mol. The summed E-state index contributed by atoms with van der Waals surface area (Å²) in [5.41, 5.74) is 0. The minimum absolute atomic E-state index is 0.677.